The summed E-state index contributed by atoms with van der Waals surface area (Å²) < 4.78 is 5.58. The number of aryl methyl sites for hydroxylation is 1. The van der Waals surface area contributed by atoms with Gasteiger partial charge in [-0.05, 0) is 68.7 Å². The Morgan fingerprint density at radius 1 is 1.06 bits per heavy atom. The van der Waals surface area contributed by atoms with E-state index in [1.54, 1.807) is 6.92 Å². The molecule has 168 valence electrons. The SMILES string of the molecule is Cc1nnc(-c2cccc(-c3cccc(N(C(=O)c4cccs4)C4CCN(C)CC4)n3)c2)o1. The van der Waals surface area contributed by atoms with Crippen LogP contribution in [-0.4, -0.2) is 52.2 Å². The number of hydrogen-bond acceptors (Lipinski definition) is 7. The maximum absolute atomic E-state index is 13.5. The lowest BCUT2D eigenvalue weighted by Crippen LogP contribution is -2.47. The van der Waals surface area contributed by atoms with Gasteiger partial charge < -0.3 is 9.32 Å². The topological polar surface area (TPSA) is 75.4 Å². The number of carbonyl (C=O) groups is 1. The van der Waals surface area contributed by atoms with E-state index in [9.17, 15) is 4.79 Å². The summed E-state index contributed by atoms with van der Waals surface area (Å²) in [6.07, 6.45) is 1.84. The number of hydrogen-bond donors (Lipinski definition) is 0. The molecule has 1 fully saturated rings. The van der Waals surface area contributed by atoms with Gasteiger partial charge in [0.2, 0.25) is 11.8 Å². The number of anilines is 1. The molecule has 0 radical (unpaired) electrons. The first-order chi connectivity index (χ1) is 16.1. The van der Waals surface area contributed by atoms with Gasteiger partial charge in [0.25, 0.3) is 5.91 Å². The van der Waals surface area contributed by atoms with Crippen molar-refractivity contribution >= 4 is 23.1 Å². The molecular weight excluding hydrogens is 434 g/mol. The van der Waals surface area contributed by atoms with E-state index in [4.69, 9.17) is 9.40 Å². The zero-order chi connectivity index (χ0) is 22.8. The predicted molar refractivity (Wildman–Crippen MR) is 129 cm³/mol. The largest absolute Gasteiger partial charge is 0.421 e. The molecule has 1 aliphatic rings. The van der Waals surface area contributed by atoms with Gasteiger partial charge in [-0.1, -0.05) is 24.3 Å². The highest BCUT2D eigenvalue weighted by Gasteiger charge is 2.30. The third kappa shape index (κ3) is 4.58. The first-order valence-electron chi connectivity index (χ1n) is 11.0. The second-order valence-electron chi connectivity index (χ2n) is 8.27. The minimum absolute atomic E-state index is 0.0132. The molecule has 0 aliphatic carbocycles. The molecule has 0 atom stereocenters. The van der Waals surface area contributed by atoms with Gasteiger partial charge in [-0.25, -0.2) is 4.98 Å². The molecule has 4 aromatic rings. The van der Waals surface area contributed by atoms with Crippen LogP contribution in [0.1, 0.15) is 28.4 Å². The van der Waals surface area contributed by atoms with Crippen LogP contribution in [0.25, 0.3) is 22.7 Å². The molecule has 1 aromatic carbocycles. The number of carbonyl (C=O) groups excluding carboxylic acids is 1. The summed E-state index contributed by atoms with van der Waals surface area (Å²) in [5.74, 6) is 1.70. The molecule has 1 saturated heterocycles. The van der Waals surface area contributed by atoms with E-state index in [1.165, 1.54) is 11.3 Å². The van der Waals surface area contributed by atoms with E-state index in [2.05, 4.69) is 22.1 Å². The molecule has 3 aromatic heterocycles. The third-order valence-corrected chi connectivity index (χ3v) is 6.77. The van der Waals surface area contributed by atoms with E-state index >= 15 is 0 Å². The van der Waals surface area contributed by atoms with Gasteiger partial charge in [-0.15, -0.1) is 21.5 Å². The number of likely N-dealkylation sites (tertiary alicyclic amines) is 1. The van der Waals surface area contributed by atoms with Crippen molar-refractivity contribution in [1.82, 2.24) is 20.1 Å². The van der Waals surface area contributed by atoms with Gasteiger partial charge >= 0.3 is 0 Å². The van der Waals surface area contributed by atoms with Gasteiger partial charge in [-0.2, -0.15) is 0 Å². The van der Waals surface area contributed by atoms with Crippen molar-refractivity contribution in [2.45, 2.75) is 25.8 Å². The van der Waals surface area contributed by atoms with E-state index in [0.29, 0.717) is 17.6 Å². The van der Waals surface area contributed by atoms with Crippen LogP contribution in [-0.2, 0) is 0 Å². The standard InChI is InChI=1S/C25H25N5O2S/c1-17-27-28-24(32-17)19-7-3-6-18(16-19)21-8-4-10-23(26-21)30(20-11-13-29(2)14-12-20)25(31)22-9-5-15-33-22/h3-10,15-16,20H,11-14H2,1-2H3. The Kier molecular flexibility index (Phi) is 6.02. The summed E-state index contributed by atoms with van der Waals surface area (Å²) in [5, 5.41) is 9.99. The zero-order valence-electron chi connectivity index (χ0n) is 18.6. The van der Waals surface area contributed by atoms with Gasteiger partial charge in [-0.3, -0.25) is 9.69 Å². The Morgan fingerprint density at radius 2 is 1.85 bits per heavy atom. The summed E-state index contributed by atoms with van der Waals surface area (Å²) in [7, 11) is 2.12. The van der Waals surface area contributed by atoms with E-state index in [1.807, 2.05) is 64.9 Å². The summed E-state index contributed by atoms with van der Waals surface area (Å²) in [5.41, 5.74) is 2.56. The van der Waals surface area contributed by atoms with Gasteiger partial charge in [0.15, 0.2) is 0 Å². The smallest absolute Gasteiger partial charge is 0.269 e. The third-order valence-electron chi connectivity index (χ3n) is 5.92. The normalized spacial score (nSPS) is 15.0. The average Bonchev–Trinajstić information content (AvgIpc) is 3.53. The molecule has 4 heterocycles. The van der Waals surface area contributed by atoms with Crippen molar-refractivity contribution in [3.8, 4) is 22.7 Å². The summed E-state index contributed by atoms with van der Waals surface area (Å²) in [4.78, 5) is 23.4. The number of pyridine rings is 1. The number of nitrogens with zero attached hydrogens (tertiary/aromatic N) is 5. The quantitative estimate of drug-likeness (QED) is 0.422. The van der Waals surface area contributed by atoms with Crippen molar-refractivity contribution in [2.75, 3.05) is 25.0 Å². The number of rotatable bonds is 5. The molecule has 1 amide bonds. The fraction of sp³-hybridized carbons (Fsp3) is 0.280. The van der Waals surface area contributed by atoms with Crippen molar-refractivity contribution < 1.29 is 9.21 Å². The molecule has 0 saturated carbocycles. The van der Waals surface area contributed by atoms with Crippen LogP contribution in [0.3, 0.4) is 0 Å². The maximum Gasteiger partial charge on any atom is 0.269 e. The van der Waals surface area contributed by atoms with Gasteiger partial charge in [0, 0.05) is 24.1 Å². The summed E-state index contributed by atoms with van der Waals surface area (Å²) >= 11 is 1.47. The van der Waals surface area contributed by atoms with Crippen molar-refractivity contribution in [3.63, 3.8) is 0 Å². The van der Waals surface area contributed by atoms with Crippen molar-refractivity contribution in [1.29, 1.82) is 0 Å². The number of benzene rings is 1. The van der Waals surface area contributed by atoms with E-state index in [-0.39, 0.29) is 11.9 Å². The van der Waals surface area contributed by atoms with Gasteiger partial charge in [0.1, 0.15) is 5.82 Å². The van der Waals surface area contributed by atoms with Crippen molar-refractivity contribution in [2.24, 2.45) is 0 Å². The predicted octanol–water partition coefficient (Wildman–Crippen LogP) is 4.91. The second-order valence-corrected chi connectivity index (χ2v) is 9.22. The second kappa shape index (κ2) is 9.25. The zero-order valence-corrected chi connectivity index (χ0v) is 19.5. The fourth-order valence-corrected chi connectivity index (χ4v) is 4.83. The van der Waals surface area contributed by atoms with Crippen molar-refractivity contribution in [3.05, 3.63) is 70.7 Å². The van der Waals surface area contributed by atoms with Crippen LogP contribution >= 0.6 is 11.3 Å². The molecule has 0 unspecified atom stereocenters. The number of piperidine rings is 1. The van der Waals surface area contributed by atoms with E-state index in [0.717, 1.165) is 47.6 Å². The van der Waals surface area contributed by atoms with Gasteiger partial charge in [0.05, 0.1) is 10.6 Å². The molecule has 5 rings (SSSR count). The van der Waals surface area contributed by atoms with Crippen LogP contribution in [0.2, 0.25) is 0 Å². The summed E-state index contributed by atoms with van der Waals surface area (Å²) in [6, 6.07) is 17.6. The Balaban J connectivity index is 1.51. The molecule has 1 aliphatic heterocycles. The lowest BCUT2D eigenvalue weighted by Gasteiger charge is -2.36. The van der Waals surface area contributed by atoms with E-state index < -0.39 is 0 Å². The molecule has 0 spiro atoms. The highest BCUT2D eigenvalue weighted by Crippen LogP contribution is 2.29. The molecule has 33 heavy (non-hydrogen) atoms. The van der Waals surface area contributed by atoms with Crippen LogP contribution in [0, 0.1) is 6.92 Å². The lowest BCUT2D eigenvalue weighted by molar-refractivity contribution is 0.0966. The van der Waals surface area contributed by atoms with Crippen LogP contribution in [0.4, 0.5) is 5.82 Å². The maximum atomic E-state index is 13.5. The fourth-order valence-electron chi connectivity index (χ4n) is 4.17. The first kappa shape index (κ1) is 21.5. The molecule has 0 N–H and O–H groups in total. The Labute approximate surface area is 196 Å². The minimum atomic E-state index is 0.0132. The molecule has 7 nitrogen and oxygen atoms in total. The number of amides is 1. The number of thiophene rings is 1. The lowest BCUT2D eigenvalue weighted by atomic mass is 10.0. The highest BCUT2D eigenvalue weighted by molar-refractivity contribution is 7.12. The highest BCUT2D eigenvalue weighted by atomic mass is 32.1. The summed E-state index contributed by atoms with van der Waals surface area (Å²) in [6.45, 7) is 3.70. The Bertz CT molecular complexity index is 1250. The van der Waals surface area contributed by atoms with Crippen LogP contribution in [0.15, 0.2) is 64.4 Å². The average molecular weight is 460 g/mol. The number of aromatic nitrogens is 3. The molecule has 8 heteroatoms. The monoisotopic (exact) mass is 459 g/mol. The minimum Gasteiger partial charge on any atom is -0.421 e. The molecular formula is C25H25N5O2S. The Hall–Kier alpha value is -3.36. The van der Waals surface area contributed by atoms with Crippen LogP contribution < -0.4 is 4.90 Å². The molecule has 0 bridgehead atoms. The van der Waals surface area contributed by atoms with Crippen LogP contribution in [0.5, 0.6) is 0 Å². The Morgan fingerprint density at radius 3 is 2.58 bits per heavy atom. The first-order valence-corrected chi connectivity index (χ1v) is 11.9.